The van der Waals surface area contributed by atoms with Crippen molar-refractivity contribution in [2.45, 2.75) is 18.1 Å². The van der Waals surface area contributed by atoms with Crippen LogP contribution in [0.1, 0.15) is 12.8 Å². The first-order valence-corrected chi connectivity index (χ1v) is 7.92. The summed E-state index contributed by atoms with van der Waals surface area (Å²) in [5.74, 6) is -0.331. The molecule has 0 atom stereocenters. The van der Waals surface area contributed by atoms with Crippen molar-refractivity contribution in [3.63, 3.8) is 0 Å². The molecule has 1 saturated carbocycles. The molecule has 0 aromatic heterocycles. The monoisotopic (exact) mass is 280 g/mol. The number of nitrogens with one attached hydrogen (secondary N) is 1. The van der Waals surface area contributed by atoms with Gasteiger partial charge in [-0.2, -0.15) is 4.31 Å². The average molecular weight is 280 g/mol. The van der Waals surface area contributed by atoms with Crippen molar-refractivity contribution in [2.75, 3.05) is 18.4 Å². The van der Waals surface area contributed by atoms with Crippen molar-refractivity contribution in [3.05, 3.63) is 30.3 Å². The summed E-state index contributed by atoms with van der Waals surface area (Å²) < 4.78 is 25.2. The summed E-state index contributed by atoms with van der Waals surface area (Å²) in [5, 5.41) is 2.61. The summed E-state index contributed by atoms with van der Waals surface area (Å²) >= 11 is 0. The van der Waals surface area contributed by atoms with Crippen molar-refractivity contribution in [1.29, 1.82) is 0 Å². The van der Waals surface area contributed by atoms with Crippen LogP contribution in [-0.4, -0.2) is 37.0 Å². The molecule has 19 heavy (non-hydrogen) atoms. The molecule has 5 nitrogen and oxygen atoms in total. The maximum absolute atomic E-state index is 11.9. The van der Waals surface area contributed by atoms with Gasteiger partial charge in [-0.05, 0) is 25.0 Å². The van der Waals surface area contributed by atoms with Crippen molar-refractivity contribution in [3.8, 4) is 0 Å². The summed E-state index contributed by atoms with van der Waals surface area (Å²) in [4.78, 5) is 11.9. The minimum absolute atomic E-state index is 0.103. The lowest BCUT2D eigenvalue weighted by molar-refractivity contribution is -0.122. The largest absolute Gasteiger partial charge is 0.326 e. The topological polar surface area (TPSA) is 66.5 Å². The Bertz CT molecular complexity index is 575. The standard InChI is InChI=1S/C13H16N2O3S/c16-13(14-11-4-2-1-3-5-11)10-8-15(9-10)19(17,18)12-6-7-12/h1-5,10,12H,6-9H2,(H,14,16). The Labute approximate surface area is 112 Å². The van der Waals surface area contributed by atoms with E-state index in [1.807, 2.05) is 30.3 Å². The van der Waals surface area contributed by atoms with Gasteiger partial charge in [0, 0.05) is 18.8 Å². The van der Waals surface area contributed by atoms with E-state index in [0.29, 0.717) is 13.1 Å². The Hall–Kier alpha value is -1.40. The fourth-order valence-electron chi connectivity index (χ4n) is 2.15. The van der Waals surface area contributed by atoms with Crippen LogP contribution in [0.4, 0.5) is 5.69 Å². The highest BCUT2D eigenvalue weighted by Crippen LogP contribution is 2.34. The van der Waals surface area contributed by atoms with Crippen molar-refractivity contribution >= 4 is 21.6 Å². The first-order valence-electron chi connectivity index (χ1n) is 6.42. The smallest absolute Gasteiger partial charge is 0.230 e. The Morgan fingerprint density at radius 3 is 2.37 bits per heavy atom. The molecule has 1 saturated heterocycles. The zero-order valence-corrected chi connectivity index (χ0v) is 11.3. The third-order valence-electron chi connectivity index (χ3n) is 3.57. The zero-order chi connectivity index (χ0) is 13.5. The second kappa shape index (κ2) is 4.61. The molecule has 0 spiro atoms. The molecule has 1 aliphatic heterocycles. The van der Waals surface area contributed by atoms with E-state index < -0.39 is 10.0 Å². The van der Waals surface area contributed by atoms with Gasteiger partial charge in [0.2, 0.25) is 15.9 Å². The van der Waals surface area contributed by atoms with Gasteiger partial charge < -0.3 is 5.32 Å². The third kappa shape index (κ3) is 2.50. The number of hydrogen-bond donors (Lipinski definition) is 1. The minimum Gasteiger partial charge on any atom is -0.326 e. The number of sulfonamides is 1. The number of carbonyl (C=O) groups is 1. The molecule has 102 valence electrons. The Balaban J connectivity index is 1.54. The number of hydrogen-bond acceptors (Lipinski definition) is 3. The van der Waals surface area contributed by atoms with E-state index in [0.717, 1.165) is 18.5 Å². The Morgan fingerprint density at radius 2 is 1.79 bits per heavy atom. The van der Waals surface area contributed by atoms with Gasteiger partial charge in [-0.25, -0.2) is 8.42 Å². The van der Waals surface area contributed by atoms with Crippen LogP contribution >= 0.6 is 0 Å². The fourth-order valence-corrected chi connectivity index (χ4v) is 4.08. The highest BCUT2D eigenvalue weighted by Gasteiger charge is 2.46. The highest BCUT2D eigenvalue weighted by molar-refractivity contribution is 7.90. The Morgan fingerprint density at radius 1 is 1.16 bits per heavy atom. The lowest BCUT2D eigenvalue weighted by atomic mass is 10.0. The maximum atomic E-state index is 11.9. The number of rotatable bonds is 4. The van der Waals surface area contributed by atoms with Gasteiger partial charge >= 0.3 is 0 Å². The minimum atomic E-state index is -3.12. The molecule has 1 aliphatic carbocycles. The molecule has 0 unspecified atom stereocenters. The van der Waals surface area contributed by atoms with E-state index in [4.69, 9.17) is 0 Å². The molecule has 1 aromatic carbocycles. The van der Waals surface area contributed by atoms with Crippen LogP contribution in [-0.2, 0) is 14.8 Å². The fraction of sp³-hybridized carbons (Fsp3) is 0.462. The first-order chi connectivity index (χ1) is 9.07. The molecule has 1 heterocycles. The van der Waals surface area contributed by atoms with E-state index in [9.17, 15) is 13.2 Å². The third-order valence-corrected chi connectivity index (χ3v) is 5.90. The van der Waals surface area contributed by atoms with E-state index >= 15 is 0 Å². The van der Waals surface area contributed by atoms with E-state index in [1.165, 1.54) is 4.31 Å². The molecular weight excluding hydrogens is 264 g/mol. The molecule has 2 aliphatic rings. The van der Waals surface area contributed by atoms with Crippen LogP contribution in [0.15, 0.2) is 30.3 Å². The highest BCUT2D eigenvalue weighted by atomic mass is 32.2. The van der Waals surface area contributed by atoms with Gasteiger partial charge in [0.05, 0.1) is 11.2 Å². The number of benzene rings is 1. The van der Waals surface area contributed by atoms with Crippen LogP contribution in [0, 0.1) is 5.92 Å². The van der Waals surface area contributed by atoms with Crippen molar-refractivity contribution < 1.29 is 13.2 Å². The van der Waals surface area contributed by atoms with Gasteiger partial charge in [0.1, 0.15) is 0 Å². The molecule has 3 rings (SSSR count). The molecule has 6 heteroatoms. The van der Waals surface area contributed by atoms with Crippen LogP contribution in [0.2, 0.25) is 0 Å². The van der Waals surface area contributed by atoms with Crippen LogP contribution in [0.3, 0.4) is 0 Å². The van der Waals surface area contributed by atoms with Crippen LogP contribution in [0.25, 0.3) is 0 Å². The van der Waals surface area contributed by atoms with Crippen LogP contribution < -0.4 is 5.32 Å². The van der Waals surface area contributed by atoms with E-state index in [2.05, 4.69) is 5.32 Å². The number of amides is 1. The summed E-state index contributed by atoms with van der Waals surface area (Å²) in [6.45, 7) is 0.634. The zero-order valence-electron chi connectivity index (χ0n) is 10.5. The summed E-state index contributed by atoms with van der Waals surface area (Å²) in [7, 11) is -3.12. The second-order valence-electron chi connectivity index (χ2n) is 5.11. The molecule has 0 radical (unpaired) electrons. The molecular formula is C13H16N2O3S. The molecule has 1 amide bonds. The average Bonchev–Trinajstić information content (AvgIpc) is 3.11. The van der Waals surface area contributed by atoms with Gasteiger partial charge in [-0.3, -0.25) is 4.79 Å². The molecule has 0 bridgehead atoms. The lowest BCUT2D eigenvalue weighted by Crippen LogP contribution is -2.55. The second-order valence-corrected chi connectivity index (χ2v) is 7.33. The van der Waals surface area contributed by atoms with Gasteiger partial charge in [0.25, 0.3) is 0 Å². The predicted molar refractivity (Wildman–Crippen MR) is 72.1 cm³/mol. The van der Waals surface area contributed by atoms with Crippen molar-refractivity contribution in [1.82, 2.24) is 4.31 Å². The molecule has 1 N–H and O–H groups in total. The number of nitrogens with zero attached hydrogens (tertiary/aromatic N) is 1. The van der Waals surface area contributed by atoms with Gasteiger partial charge in [-0.1, -0.05) is 18.2 Å². The van der Waals surface area contributed by atoms with E-state index in [-0.39, 0.29) is 17.1 Å². The lowest BCUT2D eigenvalue weighted by Gasteiger charge is -2.37. The normalized spacial score (nSPS) is 20.8. The van der Waals surface area contributed by atoms with Crippen LogP contribution in [0.5, 0.6) is 0 Å². The summed E-state index contributed by atoms with van der Waals surface area (Å²) in [6.07, 6.45) is 1.53. The number of para-hydroxylation sites is 1. The van der Waals surface area contributed by atoms with Gasteiger partial charge in [0.15, 0.2) is 0 Å². The first kappa shape index (κ1) is 12.6. The summed E-state index contributed by atoms with van der Waals surface area (Å²) in [6, 6.07) is 9.20. The van der Waals surface area contributed by atoms with E-state index in [1.54, 1.807) is 0 Å². The molecule has 2 fully saturated rings. The Kier molecular flexibility index (Phi) is 3.06. The SMILES string of the molecule is O=C(Nc1ccccc1)C1CN(S(=O)(=O)C2CC2)C1. The molecule has 1 aromatic rings. The van der Waals surface area contributed by atoms with Gasteiger partial charge in [-0.15, -0.1) is 0 Å². The summed E-state index contributed by atoms with van der Waals surface area (Å²) in [5.41, 5.74) is 0.746. The number of carbonyl (C=O) groups excluding carboxylic acids is 1. The maximum Gasteiger partial charge on any atom is 0.230 e. The predicted octanol–water partition coefficient (Wildman–Crippen LogP) is 1.05. The quantitative estimate of drug-likeness (QED) is 0.896. The number of anilines is 1. The van der Waals surface area contributed by atoms with Crippen molar-refractivity contribution in [2.24, 2.45) is 5.92 Å².